The van der Waals surface area contributed by atoms with Crippen LogP contribution in [0.5, 0.6) is 0 Å². The second-order valence-corrected chi connectivity index (χ2v) is 4.88. The highest BCUT2D eigenvalue weighted by Crippen LogP contribution is 2.12. The first-order chi connectivity index (χ1) is 7.13. The second kappa shape index (κ2) is 5.64. The first kappa shape index (κ1) is 14.6. The van der Waals surface area contributed by atoms with Crippen LogP contribution in [0.25, 0.3) is 0 Å². The van der Waals surface area contributed by atoms with E-state index < -0.39 is 11.6 Å². The molecule has 0 bridgehead atoms. The summed E-state index contributed by atoms with van der Waals surface area (Å²) in [5.74, 6) is -0.857. The zero-order valence-corrected chi connectivity index (χ0v) is 10.9. The molecule has 0 amide bonds. The van der Waals surface area contributed by atoms with Crippen molar-refractivity contribution >= 4 is 11.8 Å². The third-order valence-electron chi connectivity index (χ3n) is 1.58. The number of hydrogen-bond acceptors (Lipinski definition) is 3. The van der Waals surface area contributed by atoms with Gasteiger partial charge in [-0.1, -0.05) is 11.6 Å². The highest BCUT2D eigenvalue weighted by atomic mass is 16.6. The highest BCUT2D eigenvalue weighted by molar-refractivity contribution is 6.16. The van der Waals surface area contributed by atoms with Gasteiger partial charge in [0.2, 0.25) is 0 Å². The molecule has 3 heteroatoms. The molecule has 0 aromatic carbocycles. The van der Waals surface area contributed by atoms with E-state index in [1.165, 1.54) is 13.0 Å². The van der Waals surface area contributed by atoms with Gasteiger partial charge in [-0.15, -0.1) is 0 Å². The van der Waals surface area contributed by atoms with Gasteiger partial charge in [0.25, 0.3) is 0 Å². The lowest BCUT2D eigenvalue weighted by Gasteiger charge is -2.19. The minimum absolute atomic E-state index is 0.0797. The van der Waals surface area contributed by atoms with Gasteiger partial charge in [0.1, 0.15) is 11.2 Å². The molecule has 16 heavy (non-hydrogen) atoms. The zero-order chi connectivity index (χ0) is 12.9. The van der Waals surface area contributed by atoms with Crippen LogP contribution in [0, 0.1) is 0 Å². The second-order valence-electron chi connectivity index (χ2n) is 4.88. The van der Waals surface area contributed by atoms with Crippen molar-refractivity contribution in [2.75, 3.05) is 0 Å². The van der Waals surface area contributed by atoms with Gasteiger partial charge in [-0.3, -0.25) is 4.79 Å². The third kappa shape index (κ3) is 6.17. The Morgan fingerprint density at radius 1 is 1.00 bits per heavy atom. The number of ketones is 1. The number of allylic oxidation sites excluding steroid dienone is 3. The highest BCUT2D eigenvalue weighted by Gasteiger charge is 2.21. The number of ether oxygens (including phenoxy) is 1. The number of rotatable bonds is 3. The Balaban J connectivity index is 4.96. The molecule has 0 spiro atoms. The summed E-state index contributed by atoms with van der Waals surface area (Å²) in [4.78, 5) is 23.0. The normalized spacial score (nSPS) is 12.0. The van der Waals surface area contributed by atoms with E-state index in [0.29, 0.717) is 0 Å². The number of hydrogen-bond donors (Lipinski definition) is 0. The van der Waals surface area contributed by atoms with Crippen LogP contribution in [-0.4, -0.2) is 17.4 Å². The van der Waals surface area contributed by atoms with Crippen molar-refractivity contribution in [2.24, 2.45) is 0 Å². The van der Waals surface area contributed by atoms with E-state index >= 15 is 0 Å². The van der Waals surface area contributed by atoms with E-state index in [1.54, 1.807) is 26.8 Å². The minimum Gasteiger partial charge on any atom is -0.456 e. The van der Waals surface area contributed by atoms with Gasteiger partial charge in [0.15, 0.2) is 5.78 Å². The first-order valence-corrected chi connectivity index (χ1v) is 5.23. The summed E-state index contributed by atoms with van der Waals surface area (Å²) in [5, 5.41) is 0. The molecule has 0 aliphatic heterocycles. The predicted octanol–water partition coefficient (Wildman–Crippen LogP) is 2.81. The summed E-state index contributed by atoms with van der Waals surface area (Å²) >= 11 is 0. The van der Waals surface area contributed by atoms with Gasteiger partial charge in [0, 0.05) is 0 Å². The van der Waals surface area contributed by atoms with Gasteiger partial charge in [-0.05, 0) is 47.6 Å². The smallest absolute Gasteiger partial charge is 0.342 e. The molecule has 0 radical (unpaired) electrons. The van der Waals surface area contributed by atoms with Crippen LogP contribution in [0.4, 0.5) is 0 Å². The van der Waals surface area contributed by atoms with Crippen LogP contribution < -0.4 is 0 Å². The molecule has 0 atom stereocenters. The largest absolute Gasteiger partial charge is 0.456 e. The zero-order valence-electron chi connectivity index (χ0n) is 10.9. The predicted molar refractivity (Wildman–Crippen MR) is 64.0 cm³/mol. The molecule has 3 nitrogen and oxygen atoms in total. The SMILES string of the molecule is CC(=O)/C(=C/C=C(C)C)C(=O)OC(C)(C)C. The van der Waals surface area contributed by atoms with E-state index in [4.69, 9.17) is 4.74 Å². The Morgan fingerprint density at radius 2 is 1.50 bits per heavy atom. The molecule has 0 unspecified atom stereocenters. The molecule has 0 aliphatic rings. The summed E-state index contributed by atoms with van der Waals surface area (Å²) in [6.45, 7) is 10.4. The lowest BCUT2D eigenvalue weighted by atomic mass is 10.1. The molecule has 0 aliphatic carbocycles. The Labute approximate surface area is 97.2 Å². The van der Waals surface area contributed by atoms with Crippen LogP contribution >= 0.6 is 0 Å². The monoisotopic (exact) mass is 224 g/mol. The van der Waals surface area contributed by atoms with Crippen LogP contribution in [0.3, 0.4) is 0 Å². The molecule has 0 saturated heterocycles. The van der Waals surface area contributed by atoms with Gasteiger partial charge in [0.05, 0.1) is 0 Å². The molecular formula is C13H20O3. The summed E-state index contributed by atoms with van der Waals surface area (Å²) in [7, 11) is 0. The van der Waals surface area contributed by atoms with Crippen LogP contribution in [0.1, 0.15) is 41.5 Å². The van der Waals surface area contributed by atoms with Crippen molar-refractivity contribution in [1.29, 1.82) is 0 Å². The van der Waals surface area contributed by atoms with E-state index in [2.05, 4.69) is 0 Å². The Kier molecular flexibility index (Phi) is 5.15. The van der Waals surface area contributed by atoms with Gasteiger partial charge in [-0.25, -0.2) is 4.79 Å². The average Bonchev–Trinajstić information content (AvgIpc) is 1.98. The van der Waals surface area contributed by atoms with E-state index in [9.17, 15) is 9.59 Å². The van der Waals surface area contributed by atoms with Gasteiger partial charge >= 0.3 is 5.97 Å². The quantitative estimate of drug-likeness (QED) is 0.243. The van der Waals surface area contributed by atoms with Crippen molar-refractivity contribution in [3.05, 3.63) is 23.3 Å². The van der Waals surface area contributed by atoms with Crippen LogP contribution in [0.2, 0.25) is 0 Å². The molecule has 0 aromatic rings. The van der Waals surface area contributed by atoms with Crippen molar-refractivity contribution in [2.45, 2.75) is 47.1 Å². The number of esters is 1. The van der Waals surface area contributed by atoms with Crippen molar-refractivity contribution in [3.8, 4) is 0 Å². The summed E-state index contributed by atoms with van der Waals surface area (Å²) in [5.41, 5.74) is 0.509. The summed E-state index contributed by atoms with van der Waals surface area (Å²) in [6.07, 6.45) is 3.23. The van der Waals surface area contributed by atoms with Crippen LogP contribution in [-0.2, 0) is 14.3 Å². The molecular weight excluding hydrogens is 204 g/mol. The molecule has 0 saturated carbocycles. The van der Waals surface area contributed by atoms with Crippen molar-refractivity contribution in [1.82, 2.24) is 0 Å². The van der Waals surface area contributed by atoms with E-state index in [0.717, 1.165) is 5.57 Å². The Bertz CT molecular complexity index is 337. The van der Waals surface area contributed by atoms with E-state index in [-0.39, 0.29) is 11.4 Å². The maximum absolute atomic E-state index is 11.7. The van der Waals surface area contributed by atoms with Crippen molar-refractivity contribution < 1.29 is 14.3 Å². The molecule has 0 N–H and O–H groups in total. The molecule has 0 heterocycles. The van der Waals surface area contributed by atoms with Gasteiger partial charge in [-0.2, -0.15) is 0 Å². The van der Waals surface area contributed by atoms with Crippen LogP contribution in [0.15, 0.2) is 23.3 Å². The lowest BCUT2D eigenvalue weighted by Crippen LogP contribution is -2.26. The van der Waals surface area contributed by atoms with Gasteiger partial charge < -0.3 is 4.74 Å². The first-order valence-electron chi connectivity index (χ1n) is 5.23. The van der Waals surface area contributed by atoms with E-state index in [1.807, 2.05) is 13.8 Å². The number of carbonyl (C=O) groups excluding carboxylic acids is 2. The average molecular weight is 224 g/mol. The summed E-state index contributed by atoms with van der Waals surface area (Å²) in [6, 6.07) is 0. The maximum Gasteiger partial charge on any atom is 0.342 e. The fourth-order valence-electron chi connectivity index (χ4n) is 0.912. The molecule has 0 fully saturated rings. The Morgan fingerprint density at radius 3 is 1.81 bits per heavy atom. The molecule has 90 valence electrons. The lowest BCUT2D eigenvalue weighted by molar-refractivity contribution is -0.150. The Hall–Kier alpha value is -1.38. The number of carbonyl (C=O) groups is 2. The topological polar surface area (TPSA) is 43.4 Å². The molecule has 0 rings (SSSR count). The number of Topliss-reactive ketones (excluding diaryl/α,β-unsaturated/α-hetero) is 1. The van der Waals surface area contributed by atoms with Crippen molar-refractivity contribution in [3.63, 3.8) is 0 Å². The fourth-order valence-corrected chi connectivity index (χ4v) is 0.912. The molecule has 0 aromatic heterocycles. The third-order valence-corrected chi connectivity index (χ3v) is 1.58. The maximum atomic E-state index is 11.7. The summed E-state index contributed by atoms with van der Waals surface area (Å²) < 4.78 is 5.14. The minimum atomic E-state index is -0.587. The fraction of sp³-hybridized carbons (Fsp3) is 0.538. The standard InChI is InChI=1S/C13H20O3/c1-9(2)7-8-11(10(3)14)12(15)16-13(4,5)6/h7-8H,1-6H3/b11-8-.